The maximum absolute atomic E-state index is 12.2. The number of nitrogens with one attached hydrogen (secondary N) is 2. The van der Waals surface area contributed by atoms with Crippen molar-refractivity contribution in [2.45, 2.75) is 19.8 Å². The molecule has 32 heavy (non-hydrogen) atoms. The van der Waals surface area contributed by atoms with Crippen molar-refractivity contribution in [1.29, 1.82) is 0 Å². The molecule has 0 bridgehead atoms. The average Bonchev–Trinajstić information content (AvgIpc) is 3.31. The molecule has 0 atom stereocenters. The smallest absolute Gasteiger partial charge is 0.265 e. The van der Waals surface area contributed by atoms with Crippen LogP contribution in [0.1, 0.15) is 35.0 Å². The molecule has 0 aliphatic heterocycles. The number of carbonyl (C=O) groups is 2. The van der Waals surface area contributed by atoms with E-state index in [1.165, 1.54) is 11.3 Å². The van der Waals surface area contributed by atoms with Crippen LogP contribution in [0.15, 0.2) is 65.1 Å². The van der Waals surface area contributed by atoms with Crippen molar-refractivity contribution < 1.29 is 14.3 Å². The number of amides is 2. The van der Waals surface area contributed by atoms with Gasteiger partial charge in [-0.15, -0.1) is 11.3 Å². The van der Waals surface area contributed by atoms with Crippen molar-refractivity contribution in [2.75, 3.05) is 11.9 Å². The molecule has 0 saturated carbocycles. The van der Waals surface area contributed by atoms with E-state index in [1.807, 2.05) is 23.6 Å². The summed E-state index contributed by atoms with van der Waals surface area (Å²) < 4.78 is 5.57. The molecule has 2 aromatic carbocycles. The van der Waals surface area contributed by atoms with E-state index in [-0.39, 0.29) is 18.2 Å². The lowest BCUT2D eigenvalue weighted by Crippen LogP contribution is -2.19. The van der Waals surface area contributed by atoms with Gasteiger partial charge < -0.3 is 10.1 Å². The largest absolute Gasteiger partial charge is 0.492 e. The van der Waals surface area contributed by atoms with Crippen LogP contribution in [0.25, 0.3) is 0 Å². The average molecular weight is 490 g/mol. The molecule has 1 aromatic heterocycles. The third-order valence-corrected chi connectivity index (χ3v) is 5.73. The Kier molecular flexibility index (Phi) is 8.67. The van der Waals surface area contributed by atoms with E-state index in [1.54, 1.807) is 43.3 Å². The summed E-state index contributed by atoms with van der Waals surface area (Å²) >= 11 is 13.3. The second-order valence-electron chi connectivity index (χ2n) is 6.77. The molecule has 0 aliphatic carbocycles. The van der Waals surface area contributed by atoms with Crippen LogP contribution in [0, 0.1) is 0 Å². The second kappa shape index (κ2) is 11.7. The highest BCUT2D eigenvalue weighted by Gasteiger charge is 2.08. The fourth-order valence-corrected chi connectivity index (χ4v) is 3.78. The van der Waals surface area contributed by atoms with E-state index in [2.05, 4.69) is 15.8 Å². The standard InChI is InChI=1S/C23H21Cl2N3O3S/c1-15(16-5-2-6-18(13-16)26-23(30)21-7-4-12-32-21)27-28-22(29)8-3-11-31-20-10-9-17(24)14-19(20)25/h2,4-7,9-10,12-14H,3,8,11H2,1H3,(H,26,30)(H,28,29). The molecular weight excluding hydrogens is 469 g/mol. The lowest BCUT2D eigenvalue weighted by Gasteiger charge is -2.08. The number of ether oxygens (including phenoxy) is 1. The molecule has 2 amide bonds. The van der Waals surface area contributed by atoms with Crippen molar-refractivity contribution in [1.82, 2.24) is 5.43 Å². The highest BCUT2D eigenvalue weighted by atomic mass is 35.5. The Morgan fingerprint density at radius 1 is 1.09 bits per heavy atom. The van der Waals surface area contributed by atoms with Crippen molar-refractivity contribution in [3.8, 4) is 5.75 Å². The summed E-state index contributed by atoms with van der Waals surface area (Å²) in [6, 6.07) is 15.9. The van der Waals surface area contributed by atoms with Gasteiger partial charge in [-0.1, -0.05) is 41.4 Å². The van der Waals surface area contributed by atoms with Crippen LogP contribution in [0.3, 0.4) is 0 Å². The monoisotopic (exact) mass is 489 g/mol. The Morgan fingerprint density at radius 3 is 2.69 bits per heavy atom. The van der Waals surface area contributed by atoms with Crippen molar-refractivity contribution in [3.05, 3.63) is 80.5 Å². The number of halogens is 2. The van der Waals surface area contributed by atoms with Crippen LogP contribution in [-0.2, 0) is 4.79 Å². The molecule has 6 nitrogen and oxygen atoms in total. The molecule has 0 saturated heterocycles. The number of benzene rings is 2. The first-order valence-electron chi connectivity index (χ1n) is 9.78. The Labute approximate surface area is 200 Å². The molecular formula is C23H21Cl2N3O3S. The van der Waals surface area contributed by atoms with Crippen LogP contribution >= 0.6 is 34.5 Å². The number of thiophene rings is 1. The lowest BCUT2D eigenvalue weighted by atomic mass is 10.1. The SMILES string of the molecule is CC(=NNC(=O)CCCOc1ccc(Cl)cc1Cl)c1cccc(NC(=O)c2cccs2)c1. The van der Waals surface area contributed by atoms with E-state index < -0.39 is 0 Å². The molecule has 2 N–H and O–H groups in total. The minimum atomic E-state index is -0.225. The molecule has 0 radical (unpaired) electrons. The summed E-state index contributed by atoms with van der Waals surface area (Å²) in [6.45, 7) is 2.12. The number of hydrogen-bond acceptors (Lipinski definition) is 5. The quantitative estimate of drug-likeness (QED) is 0.219. The number of hydrazone groups is 1. The van der Waals surface area contributed by atoms with Gasteiger partial charge in [0.05, 0.1) is 22.2 Å². The number of hydrogen-bond donors (Lipinski definition) is 2. The zero-order valence-electron chi connectivity index (χ0n) is 17.2. The zero-order chi connectivity index (χ0) is 22.9. The number of nitrogens with zero attached hydrogens (tertiary/aromatic N) is 1. The molecule has 0 fully saturated rings. The highest BCUT2D eigenvalue weighted by Crippen LogP contribution is 2.27. The third kappa shape index (κ3) is 7.09. The summed E-state index contributed by atoms with van der Waals surface area (Å²) in [5.41, 5.74) is 4.61. The van der Waals surface area contributed by atoms with Gasteiger partial charge in [0.1, 0.15) is 5.75 Å². The van der Waals surface area contributed by atoms with Gasteiger partial charge in [0.15, 0.2) is 0 Å². The maximum atomic E-state index is 12.2. The van der Waals surface area contributed by atoms with Gasteiger partial charge >= 0.3 is 0 Å². The Hall–Kier alpha value is -2.87. The summed E-state index contributed by atoms with van der Waals surface area (Å²) in [7, 11) is 0. The second-order valence-corrected chi connectivity index (χ2v) is 8.56. The van der Waals surface area contributed by atoms with Gasteiger partial charge in [-0.25, -0.2) is 5.43 Å². The van der Waals surface area contributed by atoms with E-state index in [9.17, 15) is 9.59 Å². The van der Waals surface area contributed by atoms with Gasteiger partial charge in [0, 0.05) is 17.1 Å². The van der Waals surface area contributed by atoms with E-state index >= 15 is 0 Å². The minimum Gasteiger partial charge on any atom is -0.492 e. The van der Waals surface area contributed by atoms with Crippen molar-refractivity contribution in [3.63, 3.8) is 0 Å². The topological polar surface area (TPSA) is 79.8 Å². The summed E-state index contributed by atoms with van der Waals surface area (Å²) in [5.74, 6) is 0.135. The first kappa shape index (κ1) is 23.8. The Morgan fingerprint density at radius 2 is 1.94 bits per heavy atom. The van der Waals surface area contributed by atoms with Gasteiger partial charge in [-0.2, -0.15) is 5.10 Å². The van der Waals surface area contributed by atoms with Crippen LogP contribution in [0.2, 0.25) is 10.0 Å². The molecule has 3 aromatic rings. The van der Waals surface area contributed by atoms with Crippen LogP contribution in [0.4, 0.5) is 5.69 Å². The van der Waals surface area contributed by atoms with Crippen LogP contribution in [0.5, 0.6) is 5.75 Å². The van der Waals surface area contributed by atoms with Gasteiger partial charge in [0.2, 0.25) is 5.91 Å². The maximum Gasteiger partial charge on any atom is 0.265 e. The number of rotatable bonds is 9. The van der Waals surface area contributed by atoms with E-state index in [4.69, 9.17) is 27.9 Å². The van der Waals surface area contributed by atoms with Gasteiger partial charge in [-0.05, 0) is 60.7 Å². The third-order valence-electron chi connectivity index (χ3n) is 4.33. The van der Waals surface area contributed by atoms with E-state index in [0.717, 1.165) is 5.56 Å². The fraction of sp³-hybridized carbons (Fsp3) is 0.174. The number of anilines is 1. The zero-order valence-corrected chi connectivity index (χ0v) is 19.6. The minimum absolute atomic E-state index is 0.165. The van der Waals surface area contributed by atoms with Crippen molar-refractivity contribution in [2.24, 2.45) is 5.10 Å². The molecule has 0 unspecified atom stereocenters. The first-order valence-corrected chi connectivity index (χ1v) is 11.4. The molecule has 3 rings (SSSR count). The van der Waals surface area contributed by atoms with Crippen LogP contribution < -0.4 is 15.5 Å². The Balaban J connectivity index is 1.46. The summed E-state index contributed by atoms with van der Waals surface area (Å²) in [6.07, 6.45) is 0.752. The fourth-order valence-electron chi connectivity index (χ4n) is 2.70. The summed E-state index contributed by atoms with van der Waals surface area (Å²) in [4.78, 5) is 24.9. The lowest BCUT2D eigenvalue weighted by molar-refractivity contribution is -0.121. The normalized spacial score (nSPS) is 11.2. The van der Waals surface area contributed by atoms with Crippen molar-refractivity contribution >= 4 is 57.8 Å². The first-order chi connectivity index (χ1) is 15.4. The summed E-state index contributed by atoms with van der Waals surface area (Å²) in [5, 5.41) is 9.82. The van der Waals surface area contributed by atoms with E-state index in [0.29, 0.717) is 45.1 Å². The molecule has 0 aliphatic rings. The molecule has 166 valence electrons. The number of carbonyl (C=O) groups excluding carboxylic acids is 2. The van der Waals surface area contributed by atoms with Gasteiger partial charge in [0.25, 0.3) is 5.91 Å². The predicted octanol–water partition coefficient (Wildman–Crippen LogP) is 6.01. The van der Waals surface area contributed by atoms with Gasteiger partial charge in [-0.3, -0.25) is 9.59 Å². The molecule has 0 spiro atoms. The van der Waals surface area contributed by atoms with Crippen LogP contribution in [-0.4, -0.2) is 24.1 Å². The molecule has 9 heteroatoms. The molecule has 1 heterocycles. The Bertz CT molecular complexity index is 1120. The predicted molar refractivity (Wildman–Crippen MR) is 130 cm³/mol. The highest BCUT2D eigenvalue weighted by molar-refractivity contribution is 7.12.